The molecule has 2 N–H and O–H groups in total. The number of anilines is 1. The van der Waals surface area contributed by atoms with Crippen LogP contribution >= 0.6 is 0 Å². The van der Waals surface area contributed by atoms with E-state index in [0.29, 0.717) is 17.9 Å². The van der Waals surface area contributed by atoms with Crippen LogP contribution in [0.2, 0.25) is 0 Å². The Morgan fingerprint density at radius 3 is 2.85 bits per heavy atom. The Morgan fingerprint density at radius 1 is 1.50 bits per heavy atom. The number of hydrogen-bond donors (Lipinski definition) is 2. The highest BCUT2D eigenvalue weighted by atomic mass is 16.5. The van der Waals surface area contributed by atoms with Gasteiger partial charge in [-0.2, -0.15) is 0 Å². The van der Waals surface area contributed by atoms with Gasteiger partial charge in [-0.25, -0.2) is 4.79 Å². The van der Waals surface area contributed by atoms with Crippen molar-refractivity contribution in [1.29, 1.82) is 0 Å². The highest BCUT2D eigenvalue weighted by molar-refractivity contribution is 5.98. The predicted molar refractivity (Wildman–Crippen MR) is 74.0 cm³/mol. The van der Waals surface area contributed by atoms with Crippen LogP contribution in [0.3, 0.4) is 0 Å². The summed E-state index contributed by atoms with van der Waals surface area (Å²) in [5.41, 5.74) is 1.33. The van der Waals surface area contributed by atoms with Crippen molar-refractivity contribution in [1.82, 2.24) is 5.32 Å². The fourth-order valence-corrected chi connectivity index (χ4v) is 2.39. The molecule has 1 aromatic rings. The fraction of sp³-hybridized carbons (Fsp3) is 0.429. The molecule has 2 atom stereocenters. The van der Waals surface area contributed by atoms with E-state index in [1.165, 1.54) is 4.90 Å². The zero-order chi connectivity index (χ0) is 14.7. The molecular weight excluding hydrogens is 260 g/mol. The number of aliphatic carboxylic acids is 1. The number of rotatable bonds is 4. The molecule has 2 amide bonds. The molecule has 0 aliphatic carbocycles. The largest absolute Gasteiger partial charge is 0.481 e. The molecule has 1 aromatic carbocycles. The lowest BCUT2D eigenvalue weighted by Crippen LogP contribution is -2.45. The number of urea groups is 1. The van der Waals surface area contributed by atoms with Gasteiger partial charge in [0.1, 0.15) is 5.92 Å². The maximum Gasteiger partial charge on any atom is 0.322 e. The van der Waals surface area contributed by atoms with Crippen LogP contribution in [0, 0.1) is 0 Å². The minimum absolute atomic E-state index is 0.136. The molecule has 0 radical (unpaired) electrons. The number of carbonyl (C=O) groups excluding carboxylic acids is 1. The Bertz CT molecular complexity index is 518. The molecule has 108 valence electrons. The summed E-state index contributed by atoms with van der Waals surface area (Å²) >= 11 is 0. The summed E-state index contributed by atoms with van der Waals surface area (Å²) in [6, 6.07) is 6.65. The van der Waals surface area contributed by atoms with Gasteiger partial charge in [0.2, 0.25) is 0 Å². The van der Waals surface area contributed by atoms with Gasteiger partial charge in [-0.15, -0.1) is 0 Å². The molecule has 0 aromatic heterocycles. The molecule has 0 fully saturated rings. The molecule has 1 aliphatic heterocycles. The number of carboxylic acids is 1. The highest BCUT2D eigenvalue weighted by Crippen LogP contribution is 2.36. The molecule has 2 rings (SSSR count). The van der Waals surface area contributed by atoms with Crippen molar-refractivity contribution in [3.8, 4) is 0 Å². The van der Waals surface area contributed by atoms with Gasteiger partial charge in [0.05, 0.1) is 12.6 Å². The maximum atomic E-state index is 12.2. The summed E-state index contributed by atoms with van der Waals surface area (Å²) < 4.78 is 4.97. The average molecular weight is 278 g/mol. The lowest BCUT2D eigenvalue weighted by Gasteiger charge is -2.21. The van der Waals surface area contributed by atoms with Crippen LogP contribution in [-0.4, -0.2) is 43.4 Å². The molecule has 0 bridgehead atoms. The van der Waals surface area contributed by atoms with Crippen molar-refractivity contribution in [2.24, 2.45) is 0 Å². The van der Waals surface area contributed by atoms with Gasteiger partial charge in [-0.1, -0.05) is 18.2 Å². The second-order valence-corrected chi connectivity index (χ2v) is 4.87. The Balaban J connectivity index is 2.18. The van der Waals surface area contributed by atoms with E-state index >= 15 is 0 Å². The Labute approximate surface area is 117 Å². The Hall–Kier alpha value is -2.08. The predicted octanol–water partition coefficient (Wildman–Crippen LogP) is 1.42. The van der Waals surface area contributed by atoms with Gasteiger partial charge in [-0.3, -0.25) is 9.69 Å². The Kier molecular flexibility index (Phi) is 4.24. The molecule has 0 saturated heterocycles. The quantitative estimate of drug-likeness (QED) is 0.873. The number of carboxylic acid groups (broad SMARTS) is 1. The third kappa shape index (κ3) is 2.75. The number of nitrogens with zero attached hydrogens (tertiary/aromatic N) is 1. The van der Waals surface area contributed by atoms with E-state index in [1.807, 2.05) is 6.92 Å². The number of nitrogens with one attached hydrogen (secondary N) is 1. The normalized spacial score (nSPS) is 18.5. The molecule has 0 spiro atoms. The smallest absolute Gasteiger partial charge is 0.322 e. The summed E-state index contributed by atoms with van der Waals surface area (Å²) in [4.78, 5) is 25.0. The number of fused-ring (bicyclic) bond motifs is 1. The summed E-state index contributed by atoms with van der Waals surface area (Å²) in [5, 5.41) is 12.0. The van der Waals surface area contributed by atoms with Gasteiger partial charge in [-0.05, 0) is 18.6 Å². The minimum atomic E-state index is -0.919. The first-order valence-corrected chi connectivity index (χ1v) is 6.43. The first kappa shape index (κ1) is 14.3. The van der Waals surface area contributed by atoms with Crippen molar-refractivity contribution in [3.05, 3.63) is 29.8 Å². The third-order valence-corrected chi connectivity index (χ3v) is 3.30. The topological polar surface area (TPSA) is 78.9 Å². The van der Waals surface area contributed by atoms with E-state index in [4.69, 9.17) is 4.74 Å². The van der Waals surface area contributed by atoms with E-state index in [1.54, 1.807) is 31.4 Å². The van der Waals surface area contributed by atoms with E-state index < -0.39 is 11.9 Å². The van der Waals surface area contributed by atoms with Crippen LogP contribution < -0.4 is 10.2 Å². The van der Waals surface area contributed by atoms with Gasteiger partial charge in [0, 0.05) is 19.3 Å². The van der Waals surface area contributed by atoms with Crippen LogP contribution in [0.5, 0.6) is 0 Å². The number of methoxy groups -OCH3 is 1. The van der Waals surface area contributed by atoms with Crippen molar-refractivity contribution in [2.45, 2.75) is 18.9 Å². The van der Waals surface area contributed by atoms with Gasteiger partial charge in [0.25, 0.3) is 0 Å². The zero-order valence-electron chi connectivity index (χ0n) is 11.5. The third-order valence-electron chi connectivity index (χ3n) is 3.30. The summed E-state index contributed by atoms with van der Waals surface area (Å²) in [7, 11) is 1.56. The SMILES string of the molecule is COCC(C)NC(=O)N1CC(C(=O)O)c2ccccc21. The van der Waals surface area contributed by atoms with Gasteiger partial charge >= 0.3 is 12.0 Å². The number of ether oxygens (including phenoxy) is 1. The molecule has 6 heteroatoms. The molecular formula is C14H18N2O4. The second-order valence-electron chi connectivity index (χ2n) is 4.87. The van der Waals surface area contributed by atoms with Gasteiger partial charge in [0.15, 0.2) is 0 Å². The molecule has 1 aliphatic rings. The van der Waals surface area contributed by atoms with E-state index in [9.17, 15) is 14.7 Å². The minimum Gasteiger partial charge on any atom is -0.481 e. The number of amides is 2. The Morgan fingerprint density at radius 2 is 2.20 bits per heavy atom. The zero-order valence-corrected chi connectivity index (χ0v) is 11.5. The second kappa shape index (κ2) is 5.92. The van der Waals surface area contributed by atoms with Crippen LogP contribution in [0.15, 0.2) is 24.3 Å². The van der Waals surface area contributed by atoms with Crippen LogP contribution in [0.25, 0.3) is 0 Å². The number of benzene rings is 1. The van der Waals surface area contributed by atoms with E-state index in [-0.39, 0.29) is 18.6 Å². The van der Waals surface area contributed by atoms with Crippen molar-refractivity contribution >= 4 is 17.7 Å². The summed E-state index contributed by atoms with van der Waals surface area (Å²) in [5.74, 6) is -1.59. The lowest BCUT2D eigenvalue weighted by molar-refractivity contribution is -0.138. The highest BCUT2D eigenvalue weighted by Gasteiger charge is 2.36. The van der Waals surface area contributed by atoms with Crippen LogP contribution in [0.4, 0.5) is 10.5 Å². The number of hydrogen-bond acceptors (Lipinski definition) is 3. The van der Waals surface area contributed by atoms with Crippen LogP contribution in [0.1, 0.15) is 18.4 Å². The van der Waals surface area contributed by atoms with Crippen molar-refractivity contribution in [2.75, 3.05) is 25.2 Å². The number of carbonyl (C=O) groups is 2. The molecule has 1 heterocycles. The first-order valence-electron chi connectivity index (χ1n) is 6.43. The molecule has 6 nitrogen and oxygen atoms in total. The molecule has 20 heavy (non-hydrogen) atoms. The standard InChI is InChI=1S/C14H18N2O4/c1-9(8-20-2)15-14(19)16-7-11(13(17)18)10-5-3-4-6-12(10)16/h3-6,9,11H,7-8H2,1-2H3,(H,15,19)(H,17,18). The van der Waals surface area contributed by atoms with Crippen LogP contribution in [-0.2, 0) is 9.53 Å². The fourth-order valence-electron chi connectivity index (χ4n) is 2.39. The average Bonchev–Trinajstić information content (AvgIpc) is 2.78. The lowest BCUT2D eigenvalue weighted by atomic mass is 10.0. The van der Waals surface area contributed by atoms with Crippen molar-refractivity contribution in [3.63, 3.8) is 0 Å². The monoisotopic (exact) mass is 278 g/mol. The van der Waals surface area contributed by atoms with Crippen molar-refractivity contribution < 1.29 is 19.4 Å². The van der Waals surface area contributed by atoms with E-state index in [2.05, 4.69) is 5.32 Å². The molecule has 0 saturated carbocycles. The summed E-state index contributed by atoms with van der Waals surface area (Å²) in [6.45, 7) is 2.39. The first-order chi connectivity index (χ1) is 9.54. The summed E-state index contributed by atoms with van der Waals surface area (Å²) in [6.07, 6.45) is 0. The van der Waals surface area contributed by atoms with Gasteiger partial charge < -0.3 is 15.2 Å². The number of para-hydroxylation sites is 1. The molecule has 2 unspecified atom stereocenters. The maximum absolute atomic E-state index is 12.2. The van der Waals surface area contributed by atoms with E-state index in [0.717, 1.165) is 0 Å².